The van der Waals surface area contributed by atoms with Crippen molar-refractivity contribution < 1.29 is 13.9 Å². The van der Waals surface area contributed by atoms with E-state index in [4.69, 9.17) is 16.3 Å². The molecule has 0 fully saturated rings. The van der Waals surface area contributed by atoms with Crippen LogP contribution < -0.4 is 15.6 Å². The quantitative estimate of drug-likeness (QED) is 0.314. The monoisotopic (exact) mass is 475 g/mol. The van der Waals surface area contributed by atoms with E-state index < -0.39 is 5.82 Å². The molecule has 0 unspecified atom stereocenters. The average molecular weight is 476 g/mol. The SMILES string of the molecule is COc1ccc(NC(=O)CSc2nc3ccsc3c(=O)n2-c2ccc(Cl)cc2)cc1F. The molecule has 6 nitrogen and oxygen atoms in total. The molecule has 0 saturated heterocycles. The van der Waals surface area contributed by atoms with Crippen molar-refractivity contribution in [2.45, 2.75) is 5.16 Å². The van der Waals surface area contributed by atoms with E-state index in [1.165, 1.54) is 35.1 Å². The van der Waals surface area contributed by atoms with Crippen LogP contribution in [0.15, 0.2) is 63.9 Å². The fraction of sp³-hybridized carbons (Fsp3) is 0.0952. The van der Waals surface area contributed by atoms with Gasteiger partial charge in [-0.25, -0.2) is 9.37 Å². The molecular formula is C21H15ClFN3O3S2. The molecule has 0 atom stereocenters. The summed E-state index contributed by atoms with van der Waals surface area (Å²) >= 11 is 8.39. The van der Waals surface area contributed by atoms with Gasteiger partial charge in [0.25, 0.3) is 5.56 Å². The predicted molar refractivity (Wildman–Crippen MR) is 123 cm³/mol. The minimum absolute atomic E-state index is 0.0245. The summed E-state index contributed by atoms with van der Waals surface area (Å²) in [5.74, 6) is -0.873. The second-order valence-electron chi connectivity index (χ2n) is 6.33. The zero-order valence-corrected chi connectivity index (χ0v) is 18.5. The minimum atomic E-state index is -0.575. The van der Waals surface area contributed by atoms with E-state index in [0.717, 1.165) is 11.8 Å². The lowest BCUT2D eigenvalue weighted by molar-refractivity contribution is -0.113. The number of ether oxygens (including phenoxy) is 1. The maximum atomic E-state index is 13.8. The molecule has 2 aromatic carbocycles. The van der Waals surface area contributed by atoms with E-state index in [2.05, 4.69) is 10.3 Å². The number of methoxy groups -OCH3 is 1. The minimum Gasteiger partial charge on any atom is -0.494 e. The van der Waals surface area contributed by atoms with Crippen LogP contribution in [0.1, 0.15) is 0 Å². The van der Waals surface area contributed by atoms with Crippen LogP contribution >= 0.6 is 34.7 Å². The third-order valence-electron chi connectivity index (χ3n) is 4.30. The van der Waals surface area contributed by atoms with Crippen LogP contribution in [0.2, 0.25) is 5.02 Å². The zero-order chi connectivity index (χ0) is 22.0. The Hall–Kier alpha value is -2.88. The summed E-state index contributed by atoms with van der Waals surface area (Å²) in [6.45, 7) is 0. The number of hydrogen-bond donors (Lipinski definition) is 1. The molecule has 2 heterocycles. The van der Waals surface area contributed by atoms with Gasteiger partial charge in [0.2, 0.25) is 5.91 Å². The number of hydrogen-bond acceptors (Lipinski definition) is 6. The number of carbonyl (C=O) groups is 1. The molecule has 31 heavy (non-hydrogen) atoms. The van der Waals surface area contributed by atoms with E-state index in [1.54, 1.807) is 41.8 Å². The molecule has 2 aromatic heterocycles. The highest BCUT2D eigenvalue weighted by Crippen LogP contribution is 2.25. The molecule has 4 aromatic rings. The van der Waals surface area contributed by atoms with Crippen molar-refractivity contribution in [1.82, 2.24) is 9.55 Å². The van der Waals surface area contributed by atoms with Crippen molar-refractivity contribution in [2.24, 2.45) is 0 Å². The fourth-order valence-corrected chi connectivity index (χ4v) is 4.58. The van der Waals surface area contributed by atoms with Gasteiger partial charge in [-0.1, -0.05) is 23.4 Å². The number of nitrogens with one attached hydrogen (secondary N) is 1. The number of nitrogens with zero attached hydrogens (tertiary/aromatic N) is 2. The lowest BCUT2D eigenvalue weighted by Crippen LogP contribution is -2.22. The summed E-state index contributed by atoms with van der Waals surface area (Å²) in [5.41, 5.74) is 1.25. The van der Waals surface area contributed by atoms with Crippen molar-refractivity contribution in [2.75, 3.05) is 18.2 Å². The van der Waals surface area contributed by atoms with Crippen LogP contribution in [0.5, 0.6) is 5.75 Å². The van der Waals surface area contributed by atoms with Gasteiger partial charge >= 0.3 is 0 Å². The van der Waals surface area contributed by atoms with Gasteiger partial charge in [0.1, 0.15) is 4.70 Å². The number of anilines is 1. The Morgan fingerprint density at radius 3 is 2.74 bits per heavy atom. The smallest absolute Gasteiger partial charge is 0.276 e. The molecule has 0 radical (unpaired) electrons. The Morgan fingerprint density at radius 1 is 1.26 bits per heavy atom. The Labute approximate surface area is 189 Å². The van der Waals surface area contributed by atoms with Crippen LogP contribution in [0.3, 0.4) is 0 Å². The number of rotatable bonds is 6. The number of aromatic nitrogens is 2. The van der Waals surface area contributed by atoms with Crippen LogP contribution in [0.25, 0.3) is 15.9 Å². The molecule has 1 amide bonds. The molecule has 1 N–H and O–H groups in total. The van der Waals surface area contributed by atoms with Crippen molar-refractivity contribution in [3.05, 3.63) is 75.1 Å². The van der Waals surface area contributed by atoms with E-state index >= 15 is 0 Å². The normalized spacial score (nSPS) is 10.9. The molecular weight excluding hydrogens is 461 g/mol. The Balaban J connectivity index is 1.59. The van der Waals surface area contributed by atoms with Crippen LogP contribution in [-0.2, 0) is 4.79 Å². The number of halogens is 2. The standard InChI is InChI=1S/C21H15ClFN3O3S2/c1-29-17-7-4-13(10-15(17)23)24-18(27)11-31-21-25-16-8-9-30-19(16)20(28)26(21)14-5-2-12(22)3-6-14/h2-10H,11H2,1H3,(H,24,27). The molecule has 0 bridgehead atoms. The van der Waals surface area contributed by atoms with E-state index in [-0.39, 0.29) is 23.0 Å². The number of thiophene rings is 1. The Morgan fingerprint density at radius 2 is 2.03 bits per heavy atom. The molecule has 0 aliphatic rings. The number of carbonyl (C=O) groups excluding carboxylic acids is 1. The number of fused-ring (bicyclic) bond motifs is 1. The van der Waals surface area contributed by atoms with E-state index in [0.29, 0.717) is 31.8 Å². The fourth-order valence-electron chi connectivity index (χ4n) is 2.88. The second-order valence-corrected chi connectivity index (χ2v) is 8.63. The predicted octanol–water partition coefficient (Wildman–Crippen LogP) is 4.98. The molecule has 158 valence electrons. The van der Waals surface area contributed by atoms with Crippen LogP contribution in [0, 0.1) is 5.82 Å². The molecule has 0 aliphatic carbocycles. The summed E-state index contributed by atoms with van der Waals surface area (Å²) < 4.78 is 20.7. The molecule has 0 aliphatic heterocycles. The van der Waals surface area contributed by atoms with Gasteiger partial charge in [0, 0.05) is 16.8 Å². The first-order valence-corrected chi connectivity index (χ1v) is 11.2. The van der Waals surface area contributed by atoms with Crippen LogP contribution in [0.4, 0.5) is 10.1 Å². The first-order valence-electron chi connectivity index (χ1n) is 8.98. The number of benzene rings is 2. The highest BCUT2D eigenvalue weighted by Gasteiger charge is 2.16. The Bertz CT molecular complexity index is 1320. The lowest BCUT2D eigenvalue weighted by Gasteiger charge is -2.12. The van der Waals surface area contributed by atoms with Crippen molar-refractivity contribution >= 4 is 56.5 Å². The second kappa shape index (κ2) is 9.09. The summed E-state index contributed by atoms with van der Waals surface area (Å²) in [5, 5.41) is 5.34. The van der Waals surface area contributed by atoms with Crippen molar-refractivity contribution in [1.29, 1.82) is 0 Å². The van der Waals surface area contributed by atoms with Gasteiger partial charge in [-0.15, -0.1) is 11.3 Å². The maximum Gasteiger partial charge on any atom is 0.276 e. The summed E-state index contributed by atoms with van der Waals surface area (Å²) in [4.78, 5) is 30.0. The zero-order valence-electron chi connectivity index (χ0n) is 16.1. The molecule has 0 saturated carbocycles. The van der Waals surface area contributed by atoms with Gasteiger partial charge in [-0.3, -0.25) is 14.2 Å². The molecule has 10 heteroatoms. The number of thioether (sulfide) groups is 1. The van der Waals surface area contributed by atoms with Gasteiger partial charge < -0.3 is 10.1 Å². The molecule has 4 rings (SSSR count). The highest BCUT2D eigenvalue weighted by molar-refractivity contribution is 7.99. The average Bonchev–Trinajstić information content (AvgIpc) is 3.22. The maximum absolute atomic E-state index is 13.8. The van der Waals surface area contributed by atoms with E-state index in [9.17, 15) is 14.0 Å². The van der Waals surface area contributed by atoms with Crippen molar-refractivity contribution in [3.63, 3.8) is 0 Å². The van der Waals surface area contributed by atoms with Crippen LogP contribution in [-0.4, -0.2) is 28.3 Å². The summed E-state index contributed by atoms with van der Waals surface area (Å²) in [6.07, 6.45) is 0. The largest absolute Gasteiger partial charge is 0.494 e. The third kappa shape index (κ3) is 4.58. The van der Waals surface area contributed by atoms with Gasteiger partial charge in [-0.05, 0) is 47.8 Å². The molecule has 0 spiro atoms. The topological polar surface area (TPSA) is 73.2 Å². The van der Waals surface area contributed by atoms with Gasteiger partial charge in [0.05, 0.1) is 24.1 Å². The lowest BCUT2D eigenvalue weighted by atomic mass is 10.3. The summed E-state index contributed by atoms with van der Waals surface area (Å²) in [6, 6.07) is 12.7. The first-order chi connectivity index (χ1) is 15.0. The highest BCUT2D eigenvalue weighted by atomic mass is 35.5. The van der Waals surface area contributed by atoms with E-state index in [1.807, 2.05) is 0 Å². The first kappa shape index (κ1) is 21.4. The number of amides is 1. The third-order valence-corrected chi connectivity index (χ3v) is 6.38. The Kier molecular flexibility index (Phi) is 6.26. The summed E-state index contributed by atoms with van der Waals surface area (Å²) in [7, 11) is 1.37. The van der Waals surface area contributed by atoms with Gasteiger partial charge in [0.15, 0.2) is 16.7 Å². The van der Waals surface area contributed by atoms with Gasteiger partial charge in [-0.2, -0.15) is 0 Å². The van der Waals surface area contributed by atoms with Crippen molar-refractivity contribution in [3.8, 4) is 11.4 Å².